The van der Waals surface area contributed by atoms with E-state index in [0.29, 0.717) is 0 Å². The molecule has 2 nitrogen and oxygen atoms in total. The van der Waals surface area contributed by atoms with Gasteiger partial charge in [0, 0.05) is 12.7 Å². The number of hydrogen-bond acceptors (Lipinski definition) is 1. The summed E-state index contributed by atoms with van der Waals surface area (Å²) in [6.45, 7) is 1.90. The third-order valence-corrected chi connectivity index (χ3v) is 1.66. The maximum absolute atomic E-state index is 11.1. The van der Waals surface area contributed by atoms with Crippen molar-refractivity contribution in [3.8, 4) is 0 Å². The van der Waals surface area contributed by atoms with Gasteiger partial charge in [-0.2, -0.15) is 5.11 Å². The van der Waals surface area contributed by atoms with Gasteiger partial charge in [-0.1, -0.05) is 24.3 Å². The second kappa shape index (κ2) is 3.51. The second-order valence-electron chi connectivity index (χ2n) is 2.42. The molecule has 0 N–H and O–H groups in total. The van der Waals surface area contributed by atoms with E-state index >= 15 is 0 Å². The average Bonchev–Trinajstić information content (AvgIpc) is 2.04. The molecule has 1 rings (SSSR count). The van der Waals surface area contributed by atoms with Crippen LogP contribution < -0.4 is 0 Å². The minimum absolute atomic E-state index is 0.718. The Balaban J connectivity index is 2.93. The summed E-state index contributed by atoms with van der Waals surface area (Å²) in [5.41, 5.74) is 1.70. The van der Waals surface area contributed by atoms with E-state index in [0.717, 1.165) is 11.1 Å². The van der Waals surface area contributed by atoms with Crippen molar-refractivity contribution in [3.05, 3.63) is 35.4 Å². The van der Waals surface area contributed by atoms with E-state index in [1.165, 1.54) is 7.11 Å². The van der Waals surface area contributed by atoms with Crippen LogP contribution in [0.4, 0.5) is 0 Å². The van der Waals surface area contributed by atoms with Crippen LogP contribution in [0.2, 0.25) is 0 Å². The molecule has 0 heterocycles. The number of benzene rings is 1. The number of hydrogen-bond donors (Lipinski definition) is 0. The van der Waals surface area contributed by atoms with Crippen molar-refractivity contribution in [2.45, 2.75) is 13.2 Å². The fraction of sp³-hybridized carbons (Fsp3) is 0.333. The van der Waals surface area contributed by atoms with Crippen LogP contribution in [0.5, 0.6) is 0 Å². The highest BCUT2D eigenvalue weighted by Crippen LogP contribution is 2.17. The Morgan fingerprint density at radius 3 is 2.55 bits per heavy atom. The monoisotopic (exact) mass is 151 g/mol. The van der Waals surface area contributed by atoms with Crippen molar-refractivity contribution in [1.29, 1.82) is 0 Å². The minimum atomic E-state index is -1.05. The minimum Gasteiger partial charge on any atom is -0.349 e. The van der Waals surface area contributed by atoms with Crippen LogP contribution in [-0.4, -0.2) is 7.11 Å². The molecule has 0 aliphatic rings. The first-order chi connectivity index (χ1) is 5.25. The fourth-order valence-electron chi connectivity index (χ4n) is 0.978. The summed E-state index contributed by atoms with van der Waals surface area (Å²) in [6, 6.07) is 7.43. The van der Waals surface area contributed by atoms with Gasteiger partial charge in [0.05, 0.1) is 0 Å². The molecule has 59 valence electrons. The first-order valence-electron chi connectivity index (χ1n) is 3.50. The van der Waals surface area contributed by atoms with E-state index in [-0.39, 0.29) is 0 Å². The van der Waals surface area contributed by atoms with Crippen molar-refractivity contribution in [1.82, 2.24) is 0 Å². The summed E-state index contributed by atoms with van der Waals surface area (Å²) in [4.78, 5) is 0. The molecule has 1 unspecified atom stereocenters. The lowest BCUT2D eigenvalue weighted by Crippen LogP contribution is -1.99. The van der Waals surface area contributed by atoms with Gasteiger partial charge in [0.1, 0.15) is 0 Å². The largest absolute Gasteiger partial charge is 0.349 e. The standard InChI is InChI=1S/C9H11O2/c1-7-5-3-4-6-8(7)9(10)11-2/h3-6,9H,1-2H3. The van der Waals surface area contributed by atoms with E-state index in [1.54, 1.807) is 6.07 Å². The van der Waals surface area contributed by atoms with Crippen LogP contribution in [-0.2, 0) is 9.84 Å². The van der Waals surface area contributed by atoms with Crippen LogP contribution in [0.25, 0.3) is 0 Å². The van der Waals surface area contributed by atoms with E-state index < -0.39 is 6.29 Å². The molecule has 0 bridgehead atoms. The van der Waals surface area contributed by atoms with Gasteiger partial charge in [-0.05, 0) is 12.5 Å². The van der Waals surface area contributed by atoms with Crippen LogP contribution >= 0.6 is 0 Å². The Hall–Kier alpha value is -0.860. The lowest BCUT2D eigenvalue weighted by Gasteiger charge is -2.08. The molecule has 11 heavy (non-hydrogen) atoms. The summed E-state index contributed by atoms with van der Waals surface area (Å²) < 4.78 is 4.66. The predicted molar refractivity (Wildman–Crippen MR) is 41.6 cm³/mol. The molecule has 0 fully saturated rings. The maximum Gasteiger partial charge on any atom is 0.217 e. The molecule has 0 aliphatic carbocycles. The normalized spacial score (nSPS) is 13.0. The van der Waals surface area contributed by atoms with Gasteiger partial charge in [-0.15, -0.1) is 0 Å². The van der Waals surface area contributed by atoms with Gasteiger partial charge in [0.15, 0.2) is 0 Å². The first kappa shape index (κ1) is 8.24. The Morgan fingerprint density at radius 2 is 2.00 bits per heavy atom. The molecular weight excluding hydrogens is 140 g/mol. The quantitative estimate of drug-likeness (QED) is 0.595. The number of aryl methyl sites for hydroxylation is 1. The highest BCUT2D eigenvalue weighted by molar-refractivity contribution is 5.26. The molecule has 0 aliphatic heterocycles. The Bertz CT molecular complexity index is 233. The van der Waals surface area contributed by atoms with E-state index in [9.17, 15) is 5.11 Å². The Kier molecular flexibility index (Phi) is 2.63. The number of rotatable bonds is 2. The SMILES string of the molecule is COC([O])c1ccccc1C. The molecule has 1 radical (unpaired) electrons. The van der Waals surface area contributed by atoms with Gasteiger partial charge in [0.25, 0.3) is 0 Å². The van der Waals surface area contributed by atoms with Crippen molar-refractivity contribution in [2.24, 2.45) is 0 Å². The second-order valence-corrected chi connectivity index (χ2v) is 2.42. The summed E-state index contributed by atoms with van der Waals surface area (Å²) in [5.74, 6) is 0. The van der Waals surface area contributed by atoms with Crippen LogP contribution in [0.3, 0.4) is 0 Å². The molecule has 0 amide bonds. The zero-order chi connectivity index (χ0) is 8.27. The Morgan fingerprint density at radius 1 is 1.36 bits per heavy atom. The first-order valence-corrected chi connectivity index (χ1v) is 3.50. The van der Waals surface area contributed by atoms with Crippen molar-refractivity contribution in [2.75, 3.05) is 7.11 Å². The van der Waals surface area contributed by atoms with Crippen LogP contribution in [0, 0.1) is 6.92 Å². The Labute approximate surface area is 66.4 Å². The van der Waals surface area contributed by atoms with Crippen molar-refractivity contribution < 1.29 is 9.84 Å². The smallest absolute Gasteiger partial charge is 0.217 e. The van der Waals surface area contributed by atoms with Gasteiger partial charge in [-0.3, -0.25) is 0 Å². The molecule has 0 saturated heterocycles. The van der Waals surface area contributed by atoms with Gasteiger partial charge < -0.3 is 4.74 Å². The van der Waals surface area contributed by atoms with Gasteiger partial charge >= 0.3 is 0 Å². The lowest BCUT2D eigenvalue weighted by atomic mass is 10.1. The zero-order valence-electron chi connectivity index (χ0n) is 6.70. The van der Waals surface area contributed by atoms with E-state index in [2.05, 4.69) is 4.74 Å². The molecule has 0 saturated carbocycles. The molecule has 1 atom stereocenters. The van der Waals surface area contributed by atoms with Crippen molar-refractivity contribution >= 4 is 0 Å². The molecule has 1 aromatic carbocycles. The lowest BCUT2D eigenvalue weighted by molar-refractivity contribution is -0.123. The highest BCUT2D eigenvalue weighted by Gasteiger charge is 2.08. The topological polar surface area (TPSA) is 29.1 Å². The van der Waals surface area contributed by atoms with Gasteiger partial charge in [0.2, 0.25) is 6.29 Å². The summed E-state index contributed by atoms with van der Waals surface area (Å²) in [7, 11) is 1.42. The van der Waals surface area contributed by atoms with Crippen molar-refractivity contribution in [3.63, 3.8) is 0 Å². The average molecular weight is 151 g/mol. The molecular formula is C9H11O2. The van der Waals surface area contributed by atoms with E-state index in [4.69, 9.17) is 0 Å². The molecule has 2 heteroatoms. The molecule has 1 aromatic rings. The van der Waals surface area contributed by atoms with E-state index in [1.807, 2.05) is 25.1 Å². The third kappa shape index (κ3) is 1.79. The molecule has 0 aromatic heterocycles. The summed E-state index contributed by atoms with van der Waals surface area (Å²) in [6.07, 6.45) is -1.05. The molecule has 0 spiro atoms. The number of methoxy groups -OCH3 is 1. The highest BCUT2D eigenvalue weighted by atomic mass is 16.6. The van der Waals surface area contributed by atoms with Crippen LogP contribution in [0.1, 0.15) is 17.4 Å². The summed E-state index contributed by atoms with van der Waals surface area (Å²) >= 11 is 0. The zero-order valence-corrected chi connectivity index (χ0v) is 6.70. The number of ether oxygens (including phenoxy) is 1. The maximum atomic E-state index is 11.1. The predicted octanol–water partition coefficient (Wildman–Crippen LogP) is 2.07. The summed E-state index contributed by atoms with van der Waals surface area (Å²) in [5, 5.41) is 11.1. The van der Waals surface area contributed by atoms with Crippen LogP contribution in [0.15, 0.2) is 24.3 Å². The fourth-order valence-corrected chi connectivity index (χ4v) is 0.978. The third-order valence-electron chi connectivity index (χ3n) is 1.66. The van der Waals surface area contributed by atoms with Gasteiger partial charge in [-0.25, -0.2) is 0 Å².